The molecule has 0 saturated carbocycles. The van der Waals surface area contributed by atoms with Gasteiger partial charge in [-0.05, 0) is 39.5 Å². The van der Waals surface area contributed by atoms with Gasteiger partial charge in [0.2, 0.25) is 0 Å². The summed E-state index contributed by atoms with van der Waals surface area (Å²) in [5.74, 6) is 0.374. The average Bonchev–Trinajstić information content (AvgIpc) is 2.09. The number of halogens is 2. The van der Waals surface area contributed by atoms with E-state index in [-0.39, 0.29) is 6.04 Å². The molecule has 4 N–H and O–H groups in total. The van der Waals surface area contributed by atoms with Gasteiger partial charge in [-0.15, -0.1) is 0 Å². The molecule has 0 unspecified atom stereocenters. The van der Waals surface area contributed by atoms with Gasteiger partial charge < -0.3 is 11.5 Å². The maximum atomic E-state index is 6.05. The second-order valence-electron chi connectivity index (χ2n) is 3.66. The lowest BCUT2D eigenvalue weighted by molar-refractivity contribution is 0.515. The zero-order valence-corrected chi connectivity index (χ0v) is 11.4. The molecule has 2 nitrogen and oxygen atoms in total. The Kier molecular flexibility index (Phi) is 3.98. The van der Waals surface area contributed by atoms with Gasteiger partial charge in [0, 0.05) is 15.0 Å². The standard InChI is InChI=1S/C10H14Br2N2/c1-5(2)9(13)7-3-6(11)4-8(12)10(7)14/h3-5,9H,13-14H2,1-2H3/t9-/m1/s1. The van der Waals surface area contributed by atoms with Gasteiger partial charge in [0.05, 0.1) is 5.69 Å². The first kappa shape index (κ1) is 12.0. The van der Waals surface area contributed by atoms with E-state index >= 15 is 0 Å². The molecule has 0 fully saturated rings. The fourth-order valence-corrected chi connectivity index (χ4v) is 2.50. The zero-order valence-electron chi connectivity index (χ0n) is 8.22. The van der Waals surface area contributed by atoms with Gasteiger partial charge in [-0.1, -0.05) is 29.8 Å². The van der Waals surface area contributed by atoms with Gasteiger partial charge in [-0.3, -0.25) is 0 Å². The van der Waals surface area contributed by atoms with Crippen LogP contribution in [0.15, 0.2) is 21.1 Å². The first-order valence-electron chi connectivity index (χ1n) is 4.43. The molecule has 1 aromatic carbocycles. The summed E-state index contributed by atoms with van der Waals surface area (Å²) >= 11 is 6.83. The van der Waals surface area contributed by atoms with Gasteiger partial charge >= 0.3 is 0 Å². The molecule has 0 amide bonds. The van der Waals surface area contributed by atoms with Crippen molar-refractivity contribution in [3.8, 4) is 0 Å². The number of anilines is 1. The molecule has 1 rings (SSSR count). The summed E-state index contributed by atoms with van der Waals surface area (Å²) in [4.78, 5) is 0. The largest absolute Gasteiger partial charge is 0.398 e. The van der Waals surface area contributed by atoms with Crippen LogP contribution in [-0.4, -0.2) is 0 Å². The Hall–Kier alpha value is -0.0600. The molecular formula is C10H14Br2N2. The number of hydrogen-bond donors (Lipinski definition) is 2. The Labute approximate surface area is 101 Å². The quantitative estimate of drug-likeness (QED) is 0.820. The average molecular weight is 322 g/mol. The van der Waals surface area contributed by atoms with Crippen molar-refractivity contribution in [3.63, 3.8) is 0 Å². The van der Waals surface area contributed by atoms with Gasteiger partial charge in [0.15, 0.2) is 0 Å². The monoisotopic (exact) mass is 320 g/mol. The van der Waals surface area contributed by atoms with Crippen LogP contribution in [0.25, 0.3) is 0 Å². The van der Waals surface area contributed by atoms with E-state index in [9.17, 15) is 0 Å². The van der Waals surface area contributed by atoms with Crippen molar-refractivity contribution in [1.82, 2.24) is 0 Å². The minimum absolute atomic E-state index is 0.0243. The third kappa shape index (κ3) is 2.49. The van der Waals surface area contributed by atoms with Crippen molar-refractivity contribution in [2.24, 2.45) is 11.7 Å². The third-order valence-electron chi connectivity index (χ3n) is 2.20. The minimum atomic E-state index is -0.0243. The van der Waals surface area contributed by atoms with Crippen LogP contribution in [0.1, 0.15) is 25.5 Å². The highest BCUT2D eigenvalue weighted by Gasteiger charge is 2.15. The van der Waals surface area contributed by atoms with Crippen LogP contribution in [0.3, 0.4) is 0 Å². The van der Waals surface area contributed by atoms with Gasteiger partial charge in [-0.25, -0.2) is 0 Å². The second-order valence-corrected chi connectivity index (χ2v) is 5.43. The fraction of sp³-hybridized carbons (Fsp3) is 0.400. The Morgan fingerprint density at radius 3 is 2.29 bits per heavy atom. The van der Waals surface area contributed by atoms with Crippen LogP contribution in [-0.2, 0) is 0 Å². The molecule has 1 aromatic rings. The summed E-state index contributed by atoms with van der Waals surface area (Å²) in [6.07, 6.45) is 0. The summed E-state index contributed by atoms with van der Waals surface area (Å²) in [6.45, 7) is 4.16. The van der Waals surface area contributed by atoms with Gasteiger partial charge in [0.1, 0.15) is 0 Å². The topological polar surface area (TPSA) is 52.0 Å². The van der Waals surface area contributed by atoms with Crippen LogP contribution in [0.4, 0.5) is 5.69 Å². The molecule has 14 heavy (non-hydrogen) atoms. The Bertz CT molecular complexity index is 337. The van der Waals surface area contributed by atoms with E-state index in [0.717, 1.165) is 20.2 Å². The molecule has 1 atom stereocenters. The van der Waals surface area contributed by atoms with Crippen LogP contribution in [0.2, 0.25) is 0 Å². The van der Waals surface area contributed by atoms with E-state index in [4.69, 9.17) is 11.5 Å². The lowest BCUT2D eigenvalue weighted by Gasteiger charge is -2.19. The summed E-state index contributed by atoms with van der Waals surface area (Å²) < 4.78 is 1.88. The summed E-state index contributed by atoms with van der Waals surface area (Å²) in [7, 11) is 0. The predicted octanol–water partition coefficient (Wildman–Crippen LogP) is 3.45. The second kappa shape index (κ2) is 4.64. The van der Waals surface area contributed by atoms with E-state index in [1.807, 2.05) is 12.1 Å². The lowest BCUT2D eigenvalue weighted by atomic mass is 9.96. The van der Waals surface area contributed by atoms with Gasteiger partial charge in [-0.2, -0.15) is 0 Å². The van der Waals surface area contributed by atoms with E-state index in [0.29, 0.717) is 5.92 Å². The molecule has 78 valence electrons. The van der Waals surface area contributed by atoms with E-state index in [1.54, 1.807) is 0 Å². The Morgan fingerprint density at radius 2 is 1.79 bits per heavy atom. The summed E-state index contributed by atoms with van der Waals surface area (Å²) in [5.41, 5.74) is 13.7. The number of rotatable bonds is 2. The maximum absolute atomic E-state index is 6.05. The van der Waals surface area contributed by atoms with Crippen molar-refractivity contribution in [1.29, 1.82) is 0 Å². The first-order chi connectivity index (χ1) is 6.43. The fourth-order valence-electron chi connectivity index (χ4n) is 1.24. The van der Waals surface area contributed by atoms with E-state index in [2.05, 4.69) is 45.7 Å². The predicted molar refractivity (Wildman–Crippen MR) is 68.0 cm³/mol. The van der Waals surface area contributed by atoms with Crippen LogP contribution < -0.4 is 11.5 Å². The van der Waals surface area contributed by atoms with Crippen molar-refractivity contribution >= 4 is 37.5 Å². The third-order valence-corrected chi connectivity index (χ3v) is 3.32. The normalized spacial score (nSPS) is 13.3. The highest BCUT2D eigenvalue weighted by molar-refractivity contribution is 9.11. The zero-order chi connectivity index (χ0) is 10.9. The molecule has 0 aromatic heterocycles. The Balaban J connectivity index is 3.20. The van der Waals surface area contributed by atoms with Crippen LogP contribution >= 0.6 is 31.9 Å². The maximum Gasteiger partial charge on any atom is 0.0507 e. The number of nitrogen functional groups attached to an aromatic ring is 1. The van der Waals surface area contributed by atoms with E-state index in [1.165, 1.54) is 0 Å². The molecule has 4 heteroatoms. The number of nitrogens with two attached hydrogens (primary N) is 2. The molecule has 0 spiro atoms. The van der Waals surface area contributed by atoms with Crippen molar-refractivity contribution in [2.45, 2.75) is 19.9 Å². The van der Waals surface area contributed by atoms with E-state index < -0.39 is 0 Å². The number of benzene rings is 1. The molecule has 0 bridgehead atoms. The molecule has 0 aliphatic heterocycles. The smallest absolute Gasteiger partial charge is 0.0507 e. The van der Waals surface area contributed by atoms with Crippen LogP contribution in [0, 0.1) is 5.92 Å². The van der Waals surface area contributed by atoms with Crippen molar-refractivity contribution in [3.05, 3.63) is 26.6 Å². The summed E-state index contributed by atoms with van der Waals surface area (Å²) in [6, 6.07) is 3.88. The van der Waals surface area contributed by atoms with Gasteiger partial charge in [0.25, 0.3) is 0 Å². The lowest BCUT2D eigenvalue weighted by Crippen LogP contribution is -2.18. The van der Waals surface area contributed by atoms with Crippen molar-refractivity contribution < 1.29 is 0 Å². The molecular weight excluding hydrogens is 308 g/mol. The molecule has 0 saturated heterocycles. The first-order valence-corrected chi connectivity index (χ1v) is 6.02. The molecule has 0 aliphatic carbocycles. The molecule has 0 radical (unpaired) electrons. The van der Waals surface area contributed by atoms with Crippen molar-refractivity contribution in [2.75, 3.05) is 5.73 Å². The van der Waals surface area contributed by atoms with Crippen LogP contribution in [0.5, 0.6) is 0 Å². The highest BCUT2D eigenvalue weighted by atomic mass is 79.9. The minimum Gasteiger partial charge on any atom is -0.398 e. The molecule has 0 heterocycles. The molecule has 0 aliphatic rings. The summed E-state index contributed by atoms with van der Waals surface area (Å²) in [5, 5.41) is 0. The SMILES string of the molecule is CC(C)[C@@H](N)c1cc(Br)cc(Br)c1N. The Morgan fingerprint density at radius 1 is 1.21 bits per heavy atom. The highest BCUT2D eigenvalue weighted by Crippen LogP contribution is 2.33. The number of hydrogen-bond acceptors (Lipinski definition) is 2.